The third-order valence-corrected chi connectivity index (χ3v) is 6.15. The number of amides is 1. The SMILES string of the molecule is CC(C)Cn1nc(C(=O)N2CCOCC2)c2c1CCC(NCc1ccc(Cl)cc1)C2. The van der Waals surface area contributed by atoms with Gasteiger partial charge in [-0.1, -0.05) is 37.6 Å². The van der Waals surface area contributed by atoms with Crippen molar-refractivity contribution < 1.29 is 9.53 Å². The maximum atomic E-state index is 13.3. The van der Waals surface area contributed by atoms with Gasteiger partial charge in [0.25, 0.3) is 5.91 Å². The highest BCUT2D eigenvalue weighted by molar-refractivity contribution is 6.30. The molecule has 162 valence electrons. The van der Waals surface area contributed by atoms with Gasteiger partial charge in [-0.25, -0.2) is 0 Å². The molecule has 1 fully saturated rings. The molecule has 1 amide bonds. The normalized spacial score (nSPS) is 19.2. The average Bonchev–Trinajstić information content (AvgIpc) is 3.10. The molecule has 0 radical (unpaired) electrons. The monoisotopic (exact) mass is 430 g/mol. The van der Waals surface area contributed by atoms with Crippen LogP contribution in [0, 0.1) is 5.92 Å². The largest absolute Gasteiger partial charge is 0.378 e. The van der Waals surface area contributed by atoms with Crippen molar-refractivity contribution in [2.45, 2.75) is 52.2 Å². The Hall–Kier alpha value is -1.89. The first-order chi connectivity index (χ1) is 14.5. The first-order valence-electron chi connectivity index (χ1n) is 10.9. The van der Waals surface area contributed by atoms with E-state index in [9.17, 15) is 4.79 Å². The molecule has 1 aliphatic carbocycles. The van der Waals surface area contributed by atoms with Gasteiger partial charge in [0.1, 0.15) is 0 Å². The van der Waals surface area contributed by atoms with Gasteiger partial charge in [0.05, 0.1) is 13.2 Å². The minimum atomic E-state index is 0.0513. The number of fused-ring (bicyclic) bond motifs is 1. The number of nitrogens with zero attached hydrogens (tertiary/aromatic N) is 3. The molecule has 2 aromatic rings. The van der Waals surface area contributed by atoms with Gasteiger partial charge in [-0.3, -0.25) is 9.48 Å². The van der Waals surface area contributed by atoms with Crippen LogP contribution in [0.1, 0.15) is 47.6 Å². The molecule has 1 aliphatic heterocycles. The van der Waals surface area contributed by atoms with Gasteiger partial charge < -0.3 is 15.0 Å². The van der Waals surface area contributed by atoms with E-state index in [4.69, 9.17) is 21.4 Å². The van der Waals surface area contributed by atoms with Gasteiger partial charge in [-0.05, 0) is 42.9 Å². The van der Waals surface area contributed by atoms with E-state index in [0.717, 1.165) is 42.9 Å². The molecule has 0 spiro atoms. The highest BCUT2D eigenvalue weighted by Gasteiger charge is 2.31. The fraction of sp³-hybridized carbons (Fsp3) is 0.565. The van der Waals surface area contributed by atoms with E-state index in [1.165, 1.54) is 11.3 Å². The minimum absolute atomic E-state index is 0.0513. The fourth-order valence-electron chi connectivity index (χ4n) is 4.31. The van der Waals surface area contributed by atoms with Crippen molar-refractivity contribution in [2.24, 2.45) is 5.92 Å². The molecule has 1 atom stereocenters. The number of benzene rings is 1. The van der Waals surface area contributed by atoms with Crippen molar-refractivity contribution in [3.8, 4) is 0 Å². The van der Waals surface area contributed by atoms with Crippen LogP contribution >= 0.6 is 11.6 Å². The number of halogens is 1. The lowest BCUT2D eigenvalue weighted by atomic mass is 9.90. The Morgan fingerprint density at radius 1 is 1.27 bits per heavy atom. The van der Waals surface area contributed by atoms with Crippen molar-refractivity contribution in [1.29, 1.82) is 0 Å². The van der Waals surface area contributed by atoms with Crippen molar-refractivity contribution >= 4 is 17.5 Å². The van der Waals surface area contributed by atoms with Gasteiger partial charge >= 0.3 is 0 Å². The molecule has 2 aliphatic rings. The zero-order valence-electron chi connectivity index (χ0n) is 17.9. The molecule has 1 aromatic carbocycles. The zero-order chi connectivity index (χ0) is 21.1. The van der Waals surface area contributed by atoms with Crippen LogP contribution in [-0.4, -0.2) is 52.9 Å². The van der Waals surface area contributed by atoms with E-state index < -0.39 is 0 Å². The quantitative estimate of drug-likeness (QED) is 0.763. The predicted octanol–water partition coefficient (Wildman–Crippen LogP) is 3.31. The standard InChI is InChI=1S/C23H31ClN4O2/c1-16(2)15-28-21-8-7-19(25-14-17-3-5-18(24)6-4-17)13-20(21)22(26-28)23(29)27-9-11-30-12-10-27/h3-6,16,19,25H,7-15H2,1-2H3. The number of morpholine rings is 1. The van der Waals surface area contributed by atoms with Gasteiger partial charge in [0, 0.05) is 48.5 Å². The van der Waals surface area contributed by atoms with Crippen molar-refractivity contribution in [1.82, 2.24) is 20.0 Å². The molecule has 2 heterocycles. The first-order valence-corrected chi connectivity index (χ1v) is 11.3. The lowest BCUT2D eigenvalue weighted by molar-refractivity contribution is 0.0297. The molecule has 6 nitrogen and oxygen atoms in total. The lowest BCUT2D eigenvalue weighted by Gasteiger charge is -2.28. The number of hydrogen-bond acceptors (Lipinski definition) is 4. The Morgan fingerprint density at radius 2 is 2.00 bits per heavy atom. The summed E-state index contributed by atoms with van der Waals surface area (Å²) in [5, 5.41) is 9.24. The molecule has 0 saturated carbocycles. The molecule has 0 bridgehead atoms. The summed E-state index contributed by atoms with van der Waals surface area (Å²) >= 11 is 5.99. The van der Waals surface area contributed by atoms with Crippen LogP contribution < -0.4 is 5.32 Å². The average molecular weight is 431 g/mol. The Labute approximate surface area is 183 Å². The predicted molar refractivity (Wildman–Crippen MR) is 118 cm³/mol. The number of carbonyl (C=O) groups excluding carboxylic acids is 1. The van der Waals surface area contributed by atoms with Gasteiger partial charge in [0.2, 0.25) is 0 Å². The molecule has 30 heavy (non-hydrogen) atoms. The number of nitrogens with one attached hydrogen (secondary N) is 1. The van der Waals surface area contributed by atoms with Crippen LogP contribution in [0.4, 0.5) is 0 Å². The summed E-state index contributed by atoms with van der Waals surface area (Å²) in [5.41, 5.74) is 4.23. The number of rotatable bonds is 6. The highest BCUT2D eigenvalue weighted by atomic mass is 35.5. The van der Waals surface area contributed by atoms with E-state index in [1.807, 2.05) is 17.0 Å². The van der Waals surface area contributed by atoms with Gasteiger partial charge in [0.15, 0.2) is 5.69 Å². The van der Waals surface area contributed by atoms with Crippen molar-refractivity contribution in [2.75, 3.05) is 26.3 Å². The van der Waals surface area contributed by atoms with E-state index >= 15 is 0 Å². The maximum absolute atomic E-state index is 13.3. The Bertz CT molecular complexity index is 872. The van der Waals surface area contributed by atoms with E-state index in [-0.39, 0.29) is 5.91 Å². The summed E-state index contributed by atoms with van der Waals surface area (Å²) in [5.74, 6) is 0.538. The second-order valence-electron chi connectivity index (χ2n) is 8.70. The van der Waals surface area contributed by atoms with Crippen LogP contribution in [0.3, 0.4) is 0 Å². The molecule has 7 heteroatoms. The molecule has 1 N–H and O–H groups in total. The summed E-state index contributed by atoms with van der Waals surface area (Å²) in [6.07, 6.45) is 2.84. The zero-order valence-corrected chi connectivity index (χ0v) is 18.6. The summed E-state index contributed by atoms with van der Waals surface area (Å²) in [6, 6.07) is 8.29. The lowest BCUT2D eigenvalue weighted by Crippen LogP contribution is -2.41. The molecule has 4 rings (SSSR count). The summed E-state index contributed by atoms with van der Waals surface area (Å²) < 4.78 is 7.50. The van der Waals surface area contributed by atoms with Crippen LogP contribution in [0.5, 0.6) is 0 Å². The number of ether oxygens (including phenoxy) is 1. The Morgan fingerprint density at radius 3 is 2.70 bits per heavy atom. The van der Waals surface area contributed by atoms with Gasteiger partial charge in [-0.15, -0.1) is 0 Å². The topological polar surface area (TPSA) is 59.4 Å². The van der Waals surface area contributed by atoms with Crippen LogP contribution in [0.2, 0.25) is 5.02 Å². The van der Waals surface area contributed by atoms with E-state index in [2.05, 4.69) is 36.0 Å². The second-order valence-corrected chi connectivity index (χ2v) is 9.14. The molecule has 1 aromatic heterocycles. The van der Waals surface area contributed by atoms with Crippen molar-refractivity contribution in [3.63, 3.8) is 0 Å². The van der Waals surface area contributed by atoms with Crippen LogP contribution in [0.15, 0.2) is 24.3 Å². The smallest absolute Gasteiger partial charge is 0.274 e. The number of hydrogen-bond donors (Lipinski definition) is 1. The Balaban J connectivity index is 1.52. The Kier molecular flexibility index (Phi) is 6.76. The number of carbonyl (C=O) groups is 1. The third kappa shape index (κ3) is 4.88. The number of aromatic nitrogens is 2. The minimum Gasteiger partial charge on any atom is -0.378 e. The van der Waals surface area contributed by atoms with Crippen molar-refractivity contribution in [3.05, 3.63) is 51.8 Å². The van der Waals surface area contributed by atoms with E-state index in [0.29, 0.717) is 44.0 Å². The molecule has 1 saturated heterocycles. The summed E-state index contributed by atoms with van der Waals surface area (Å²) in [7, 11) is 0. The first kappa shape index (κ1) is 21.3. The maximum Gasteiger partial charge on any atom is 0.274 e. The molecule has 1 unspecified atom stereocenters. The summed E-state index contributed by atoms with van der Waals surface area (Å²) in [6.45, 7) is 8.52. The third-order valence-electron chi connectivity index (χ3n) is 5.89. The fourth-order valence-corrected chi connectivity index (χ4v) is 4.44. The highest BCUT2D eigenvalue weighted by Crippen LogP contribution is 2.27. The molecular formula is C23H31ClN4O2. The van der Waals surface area contributed by atoms with Crippen LogP contribution in [-0.2, 0) is 30.7 Å². The van der Waals surface area contributed by atoms with Gasteiger partial charge in [-0.2, -0.15) is 5.10 Å². The molecular weight excluding hydrogens is 400 g/mol. The van der Waals surface area contributed by atoms with Crippen LogP contribution in [0.25, 0.3) is 0 Å². The summed E-state index contributed by atoms with van der Waals surface area (Å²) in [4.78, 5) is 15.1. The van der Waals surface area contributed by atoms with E-state index in [1.54, 1.807) is 0 Å². The second kappa shape index (κ2) is 9.50.